The van der Waals surface area contributed by atoms with Crippen LogP contribution in [-0.2, 0) is 4.74 Å². The zero-order valence-electron chi connectivity index (χ0n) is 9.38. The Morgan fingerprint density at radius 3 is 2.65 bits per heavy atom. The SMILES string of the molecule is COC(=O)c1cccc(Nc2ccncc2)c1. The minimum Gasteiger partial charge on any atom is -0.465 e. The lowest BCUT2D eigenvalue weighted by Crippen LogP contribution is -2.01. The van der Waals surface area contributed by atoms with Crippen LogP contribution < -0.4 is 5.32 Å². The largest absolute Gasteiger partial charge is 0.465 e. The second kappa shape index (κ2) is 5.12. The van der Waals surface area contributed by atoms with Crippen LogP contribution in [0.3, 0.4) is 0 Å². The zero-order chi connectivity index (χ0) is 12.1. The third-order valence-electron chi connectivity index (χ3n) is 2.25. The van der Waals surface area contributed by atoms with Crippen LogP contribution in [0.25, 0.3) is 0 Å². The summed E-state index contributed by atoms with van der Waals surface area (Å²) in [6, 6.07) is 10.8. The predicted octanol–water partition coefficient (Wildman–Crippen LogP) is 2.61. The Morgan fingerprint density at radius 2 is 1.94 bits per heavy atom. The molecule has 17 heavy (non-hydrogen) atoms. The van der Waals surface area contributed by atoms with Crippen LogP contribution in [0.5, 0.6) is 0 Å². The molecular weight excluding hydrogens is 216 g/mol. The first-order valence-electron chi connectivity index (χ1n) is 5.15. The summed E-state index contributed by atoms with van der Waals surface area (Å²) in [5, 5.41) is 3.18. The number of hydrogen-bond acceptors (Lipinski definition) is 4. The summed E-state index contributed by atoms with van der Waals surface area (Å²) in [6.45, 7) is 0. The normalized spacial score (nSPS) is 9.71. The Labute approximate surface area is 99.3 Å². The highest BCUT2D eigenvalue weighted by atomic mass is 16.5. The second-order valence-electron chi connectivity index (χ2n) is 3.43. The number of anilines is 2. The van der Waals surface area contributed by atoms with E-state index in [2.05, 4.69) is 15.0 Å². The first-order chi connectivity index (χ1) is 8.29. The van der Waals surface area contributed by atoms with Crippen LogP contribution in [0.1, 0.15) is 10.4 Å². The van der Waals surface area contributed by atoms with Gasteiger partial charge in [0.15, 0.2) is 0 Å². The number of aromatic nitrogens is 1. The molecule has 0 aliphatic rings. The van der Waals surface area contributed by atoms with Gasteiger partial charge in [0.05, 0.1) is 12.7 Å². The van der Waals surface area contributed by atoms with Gasteiger partial charge < -0.3 is 10.1 Å². The van der Waals surface area contributed by atoms with Crippen LogP contribution in [0, 0.1) is 0 Å². The Hall–Kier alpha value is -2.36. The number of esters is 1. The number of hydrogen-bond donors (Lipinski definition) is 1. The Kier molecular flexibility index (Phi) is 3.35. The number of ether oxygens (including phenoxy) is 1. The molecule has 4 nitrogen and oxygen atoms in total. The minimum atomic E-state index is -0.344. The van der Waals surface area contributed by atoms with Crippen LogP contribution in [0.4, 0.5) is 11.4 Å². The van der Waals surface area contributed by atoms with Crippen molar-refractivity contribution in [2.45, 2.75) is 0 Å². The fourth-order valence-electron chi connectivity index (χ4n) is 1.44. The molecule has 86 valence electrons. The highest BCUT2D eigenvalue weighted by Crippen LogP contribution is 2.17. The number of methoxy groups -OCH3 is 1. The molecule has 4 heteroatoms. The summed E-state index contributed by atoms with van der Waals surface area (Å²) >= 11 is 0. The van der Waals surface area contributed by atoms with E-state index in [4.69, 9.17) is 0 Å². The third kappa shape index (κ3) is 2.81. The molecule has 0 amide bonds. The van der Waals surface area contributed by atoms with Crippen LogP contribution in [0.15, 0.2) is 48.8 Å². The summed E-state index contributed by atoms with van der Waals surface area (Å²) in [6.07, 6.45) is 3.40. The van der Waals surface area contributed by atoms with Crippen molar-refractivity contribution >= 4 is 17.3 Å². The van der Waals surface area contributed by atoms with Crippen molar-refractivity contribution in [2.75, 3.05) is 12.4 Å². The van der Waals surface area contributed by atoms with Gasteiger partial charge in [0.1, 0.15) is 0 Å². The van der Waals surface area contributed by atoms with Crippen molar-refractivity contribution in [1.29, 1.82) is 0 Å². The van der Waals surface area contributed by atoms with Gasteiger partial charge in [-0.3, -0.25) is 4.98 Å². The number of nitrogens with one attached hydrogen (secondary N) is 1. The van der Waals surface area contributed by atoms with Crippen LogP contribution in [0.2, 0.25) is 0 Å². The molecule has 1 aromatic carbocycles. The maximum absolute atomic E-state index is 11.4. The number of carbonyl (C=O) groups is 1. The van der Waals surface area contributed by atoms with E-state index in [0.717, 1.165) is 11.4 Å². The molecule has 1 heterocycles. The monoisotopic (exact) mass is 228 g/mol. The van der Waals surface area contributed by atoms with Crippen LogP contribution >= 0.6 is 0 Å². The molecule has 0 unspecified atom stereocenters. The van der Waals surface area contributed by atoms with Gasteiger partial charge in [-0.05, 0) is 30.3 Å². The fraction of sp³-hybridized carbons (Fsp3) is 0.0769. The molecule has 0 atom stereocenters. The molecule has 0 saturated carbocycles. The summed E-state index contributed by atoms with van der Waals surface area (Å²) in [4.78, 5) is 15.3. The minimum absolute atomic E-state index is 0.344. The van der Waals surface area contributed by atoms with Gasteiger partial charge >= 0.3 is 5.97 Å². The topological polar surface area (TPSA) is 51.2 Å². The lowest BCUT2D eigenvalue weighted by Gasteiger charge is -2.07. The van der Waals surface area contributed by atoms with Gasteiger partial charge in [-0.2, -0.15) is 0 Å². The quantitative estimate of drug-likeness (QED) is 0.820. The van der Waals surface area contributed by atoms with Gasteiger partial charge in [0, 0.05) is 23.8 Å². The van der Waals surface area contributed by atoms with Crippen molar-refractivity contribution in [2.24, 2.45) is 0 Å². The number of nitrogens with zero attached hydrogens (tertiary/aromatic N) is 1. The molecule has 1 N–H and O–H groups in total. The number of rotatable bonds is 3. The van der Waals surface area contributed by atoms with Crippen LogP contribution in [-0.4, -0.2) is 18.1 Å². The van der Waals surface area contributed by atoms with E-state index in [9.17, 15) is 4.79 Å². The zero-order valence-corrected chi connectivity index (χ0v) is 9.38. The molecule has 0 fully saturated rings. The van der Waals surface area contributed by atoms with E-state index in [-0.39, 0.29) is 5.97 Å². The average molecular weight is 228 g/mol. The molecule has 0 aliphatic heterocycles. The maximum Gasteiger partial charge on any atom is 0.337 e. The third-order valence-corrected chi connectivity index (χ3v) is 2.25. The summed E-state index contributed by atoms with van der Waals surface area (Å²) < 4.78 is 4.66. The van der Waals surface area contributed by atoms with Crippen molar-refractivity contribution in [3.8, 4) is 0 Å². The van der Waals surface area contributed by atoms with Crippen molar-refractivity contribution < 1.29 is 9.53 Å². The van der Waals surface area contributed by atoms with Gasteiger partial charge in [-0.1, -0.05) is 6.07 Å². The van der Waals surface area contributed by atoms with Gasteiger partial charge in [-0.15, -0.1) is 0 Å². The molecule has 0 saturated heterocycles. The highest BCUT2D eigenvalue weighted by molar-refractivity contribution is 5.90. The summed E-state index contributed by atoms with van der Waals surface area (Å²) in [7, 11) is 1.37. The van der Waals surface area contributed by atoms with E-state index >= 15 is 0 Å². The van der Waals surface area contributed by atoms with Crippen molar-refractivity contribution in [1.82, 2.24) is 4.98 Å². The fourth-order valence-corrected chi connectivity index (χ4v) is 1.44. The van der Waals surface area contributed by atoms with E-state index in [0.29, 0.717) is 5.56 Å². The van der Waals surface area contributed by atoms with Gasteiger partial charge in [0.25, 0.3) is 0 Å². The van der Waals surface area contributed by atoms with E-state index in [1.165, 1.54) is 7.11 Å². The Balaban J connectivity index is 2.20. The molecule has 0 spiro atoms. The standard InChI is InChI=1S/C13H12N2O2/c1-17-13(16)10-3-2-4-12(9-10)15-11-5-7-14-8-6-11/h2-9H,1H3,(H,14,15). The summed E-state index contributed by atoms with van der Waals surface area (Å²) in [5.41, 5.74) is 2.27. The molecule has 0 bridgehead atoms. The average Bonchev–Trinajstić information content (AvgIpc) is 2.39. The van der Waals surface area contributed by atoms with E-state index in [1.54, 1.807) is 30.6 Å². The predicted molar refractivity (Wildman–Crippen MR) is 65.3 cm³/mol. The Morgan fingerprint density at radius 1 is 1.18 bits per heavy atom. The molecular formula is C13H12N2O2. The maximum atomic E-state index is 11.4. The smallest absolute Gasteiger partial charge is 0.337 e. The first-order valence-corrected chi connectivity index (χ1v) is 5.15. The van der Waals surface area contributed by atoms with Crippen molar-refractivity contribution in [3.63, 3.8) is 0 Å². The molecule has 2 rings (SSSR count). The second-order valence-corrected chi connectivity index (χ2v) is 3.43. The van der Waals surface area contributed by atoms with Crippen molar-refractivity contribution in [3.05, 3.63) is 54.4 Å². The Bertz CT molecular complexity index is 512. The number of benzene rings is 1. The van der Waals surface area contributed by atoms with Gasteiger partial charge in [0.2, 0.25) is 0 Å². The van der Waals surface area contributed by atoms with Gasteiger partial charge in [-0.25, -0.2) is 4.79 Å². The lowest BCUT2D eigenvalue weighted by molar-refractivity contribution is 0.0601. The molecule has 2 aromatic rings. The molecule has 1 aromatic heterocycles. The first kappa shape index (κ1) is 11.1. The number of carbonyl (C=O) groups excluding carboxylic acids is 1. The molecule has 0 aliphatic carbocycles. The molecule has 0 radical (unpaired) electrons. The van der Waals surface area contributed by atoms with E-state index in [1.807, 2.05) is 18.2 Å². The highest BCUT2D eigenvalue weighted by Gasteiger charge is 2.05. The lowest BCUT2D eigenvalue weighted by atomic mass is 10.2. The summed E-state index contributed by atoms with van der Waals surface area (Å²) in [5.74, 6) is -0.344. The van der Waals surface area contributed by atoms with E-state index < -0.39 is 0 Å². The number of pyridine rings is 1.